The lowest BCUT2D eigenvalue weighted by Gasteiger charge is -2.05. The summed E-state index contributed by atoms with van der Waals surface area (Å²) < 4.78 is 33.3. The molecule has 1 heterocycles. The maximum absolute atomic E-state index is 13.4. The Morgan fingerprint density at radius 1 is 1.05 bits per heavy atom. The molecule has 3 rings (SSSR count). The van der Waals surface area contributed by atoms with Gasteiger partial charge in [-0.15, -0.1) is 0 Å². The molecule has 21 heavy (non-hydrogen) atoms. The Bertz CT molecular complexity index is 741. The molecule has 0 atom stereocenters. The first-order valence-electron chi connectivity index (χ1n) is 6.39. The minimum Gasteiger partial charge on any atom is -0.486 e. The lowest BCUT2D eigenvalue weighted by molar-refractivity contribution is 0.289. The third-order valence-electron chi connectivity index (χ3n) is 2.95. The van der Waals surface area contributed by atoms with Crippen LogP contribution in [-0.2, 0) is 6.61 Å². The molecule has 0 amide bonds. The first-order valence-corrected chi connectivity index (χ1v) is 6.39. The third kappa shape index (κ3) is 3.08. The van der Waals surface area contributed by atoms with Crippen molar-refractivity contribution in [2.45, 2.75) is 6.61 Å². The van der Waals surface area contributed by atoms with Crippen molar-refractivity contribution in [2.75, 3.05) is 0 Å². The van der Waals surface area contributed by atoms with E-state index in [2.05, 4.69) is 5.10 Å². The van der Waals surface area contributed by atoms with E-state index >= 15 is 0 Å². The standard InChI is InChI=1S/C16H12F2N2O/c17-13-6-7-16(15(18)8-13)21-11-12-9-19-20(10-12)14-4-2-1-3-5-14/h1-10H,11H2. The normalized spacial score (nSPS) is 10.6. The minimum absolute atomic E-state index is 0.0175. The fraction of sp³-hybridized carbons (Fsp3) is 0.0625. The van der Waals surface area contributed by atoms with Gasteiger partial charge < -0.3 is 4.74 Å². The van der Waals surface area contributed by atoms with E-state index in [1.165, 1.54) is 6.07 Å². The van der Waals surface area contributed by atoms with Crippen molar-refractivity contribution in [3.8, 4) is 11.4 Å². The molecular formula is C16H12F2N2O. The number of para-hydroxylation sites is 1. The Balaban J connectivity index is 1.70. The molecule has 0 N–H and O–H groups in total. The average Bonchev–Trinajstić information content (AvgIpc) is 2.96. The number of rotatable bonds is 4. The largest absolute Gasteiger partial charge is 0.486 e. The number of benzene rings is 2. The van der Waals surface area contributed by atoms with E-state index in [0.29, 0.717) is 0 Å². The van der Waals surface area contributed by atoms with Crippen LogP contribution < -0.4 is 4.74 Å². The summed E-state index contributed by atoms with van der Waals surface area (Å²) in [6, 6.07) is 12.8. The summed E-state index contributed by atoms with van der Waals surface area (Å²) in [6.07, 6.45) is 3.45. The number of ether oxygens (including phenoxy) is 1. The molecule has 0 saturated carbocycles. The Hall–Kier alpha value is -2.69. The second kappa shape index (κ2) is 5.75. The Morgan fingerprint density at radius 2 is 1.86 bits per heavy atom. The van der Waals surface area contributed by atoms with E-state index in [4.69, 9.17) is 4.74 Å². The van der Waals surface area contributed by atoms with Gasteiger partial charge in [0.2, 0.25) is 0 Å². The molecule has 5 heteroatoms. The summed E-state index contributed by atoms with van der Waals surface area (Å²) in [5, 5.41) is 4.22. The van der Waals surface area contributed by atoms with Crippen LogP contribution >= 0.6 is 0 Å². The summed E-state index contributed by atoms with van der Waals surface area (Å²) in [5.74, 6) is -1.33. The molecule has 0 saturated heterocycles. The summed E-state index contributed by atoms with van der Waals surface area (Å²) in [4.78, 5) is 0. The van der Waals surface area contributed by atoms with Crippen molar-refractivity contribution in [3.63, 3.8) is 0 Å². The number of hydrogen-bond donors (Lipinski definition) is 0. The van der Waals surface area contributed by atoms with Crippen molar-refractivity contribution in [2.24, 2.45) is 0 Å². The lowest BCUT2D eigenvalue weighted by Crippen LogP contribution is -1.97. The Labute approximate surface area is 120 Å². The van der Waals surface area contributed by atoms with Gasteiger partial charge in [-0.2, -0.15) is 5.10 Å². The maximum Gasteiger partial charge on any atom is 0.167 e. The Morgan fingerprint density at radius 3 is 2.62 bits per heavy atom. The van der Waals surface area contributed by atoms with Crippen molar-refractivity contribution < 1.29 is 13.5 Å². The van der Waals surface area contributed by atoms with Crippen LogP contribution in [0.25, 0.3) is 5.69 Å². The Kier molecular flexibility index (Phi) is 3.64. The molecule has 0 aliphatic heterocycles. The zero-order valence-electron chi connectivity index (χ0n) is 11.0. The molecule has 0 bridgehead atoms. The molecule has 0 aliphatic carbocycles. The van der Waals surface area contributed by atoms with Gasteiger partial charge in [-0.25, -0.2) is 13.5 Å². The highest BCUT2D eigenvalue weighted by Crippen LogP contribution is 2.19. The van der Waals surface area contributed by atoms with Crippen LogP contribution in [0.3, 0.4) is 0 Å². The predicted octanol–water partition coefficient (Wildman–Crippen LogP) is 3.73. The smallest absolute Gasteiger partial charge is 0.167 e. The summed E-state index contributed by atoms with van der Waals surface area (Å²) >= 11 is 0. The number of hydrogen-bond acceptors (Lipinski definition) is 2. The maximum atomic E-state index is 13.4. The number of nitrogens with zero attached hydrogens (tertiary/aromatic N) is 2. The van der Waals surface area contributed by atoms with Crippen molar-refractivity contribution in [3.05, 3.63) is 78.1 Å². The fourth-order valence-electron chi connectivity index (χ4n) is 1.91. The van der Waals surface area contributed by atoms with E-state index in [1.54, 1.807) is 17.1 Å². The summed E-state index contributed by atoms with van der Waals surface area (Å²) in [7, 11) is 0. The van der Waals surface area contributed by atoms with Crippen LogP contribution in [-0.4, -0.2) is 9.78 Å². The zero-order chi connectivity index (χ0) is 14.7. The average molecular weight is 286 g/mol. The van der Waals surface area contributed by atoms with Gasteiger partial charge in [-0.05, 0) is 24.3 Å². The van der Waals surface area contributed by atoms with Gasteiger partial charge in [0.15, 0.2) is 11.6 Å². The van der Waals surface area contributed by atoms with E-state index in [1.807, 2.05) is 30.3 Å². The van der Waals surface area contributed by atoms with Gasteiger partial charge in [0.1, 0.15) is 12.4 Å². The first kappa shape index (κ1) is 13.3. The van der Waals surface area contributed by atoms with Crippen LogP contribution in [0.2, 0.25) is 0 Å². The van der Waals surface area contributed by atoms with E-state index in [0.717, 1.165) is 23.4 Å². The zero-order valence-corrected chi connectivity index (χ0v) is 11.0. The molecular weight excluding hydrogens is 274 g/mol. The quantitative estimate of drug-likeness (QED) is 0.730. The summed E-state index contributed by atoms with van der Waals surface area (Å²) in [6.45, 7) is 0.162. The van der Waals surface area contributed by atoms with Gasteiger partial charge in [0.25, 0.3) is 0 Å². The van der Waals surface area contributed by atoms with Gasteiger partial charge in [-0.3, -0.25) is 0 Å². The molecule has 2 aromatic carbocycles. The number of halogens is 2. The van der Waals surface area contributed by atoms with Gasteiger partial charge >= 0.3 is 0 Å². The molecule has 0 aliphatic rings. The molecule has 3 aromatic rings. The molecule has 0 spiro atoms. The highest BCUT2D eigenvalue weighted by molar-refractivity contribution is 5.31. The molecule has 0 unspecified atom stereocenters. The first-order chi connectivity index (χ1) is 10.2. The highest BCUT2D eigenvalue weighted by atomic mass is 19.1. The third-order valence-corrected chi connectivity index (χ3v) is 2.95. The fourth-order valence-corrected chi connectivity index (χ4v) is 1.91. The van der Waals surface area contributed by atoms with E-state index in [9.17, 15) is 8.78 Å². The lowest BCUT2D eigenvalue weighted by atomic mass is 10.3. The number of aromatic nitrogens is 2. The van der Waals surface area contributed by atoms with Gasteiger partial charge in [0.05, 0.1) is 11.9 Å². The van der Waals surface area contributed by atoms with E-state index < -0.39 is 11.6 Å². The second-order valence-corrected chi connectivity index (χ2v) is 4.49. The van der Waals surface area contributed by atoms with E-state index in [-0.39, 0.29) is 12.4 Å². The molecule has 0 fully saturated rings. The second-order valence-electron chi connectivity index (χ2n) is 4.49. The van der Waals surface area contributed by atoms with Gasteiger partial charge in [-0.1, -0.05) is 18.2 Å². The van der Waals surface area contributed by atoms with Crippen LogP contribution in [0.1, 0.15) is 5.56 Å². The molecule has 3 nitrogen and oxygen atoms in total. The SMILES string of the molecule is Fc1ccc(OCc2cnn(-c3ccccc3)c2)c(F)c1. The van der Waals surface area contributed by atoms with Crippen molar-refractivity contribution in [1.29, 1.82) is 0 Å². The predicted molar refractivity (Wildman–Crippen MR) is 74.3 cm³/mol. The highest BCUT2D eigenvalue weighted by Gasteiger charge is 2.06. The monoisotopic (exact) mass is 286 g/mol. The van der Waals surface area contributed by atoms with Crippen LogP contribution in [0, 0.1) is 11.6 Å². The van der Waals surface area contributed by atoms with Crippen LogP contribution in [0.15, 0.2) is 60.9 Å². The van der Waals surface area contributed by atoms with Crippen LogP contribution in [0.5, 0.6) is 5.75 Å². The van der Waals surface area contributed by atoms with Crippen molar-refractivity contribution >= 4 is 0 Å². The molecule has 1 aromatic heterocycles. The van der Waals surface area contributed by atoms with Crippen molar-refractivity contribution in [1.82, 2.24) is 9.78 Å². The molecule has 106 valence electrons. The van der Waals surface area contributed by atoms with Crippen LogP contribution in [0.4, 0.5) is 8.78 Å². The van der Waals surface area contributed by atoms with Gasteiger partial charge in [0, 0.05) is 17.8 Å². The minimum atomic E-state index is -0.717. The topological polar surface area (TPSA) is 27.1 Å². The molecule has 0 radical (unpaired) electrons. The summed E-state index contributed by atoms with van der Waals surface area (Å²) in [5.41, 5.74) is 1.72.